The van der Waals surface area contributed by atoms with Crippen molar-refractivity contribution in [1.82, 2.24) is 0 Å². The van der Waals surface area contributed by atoms with Gasteiger partial charge in [-0.1, -0.05) is 33.3 Å². The van der Waals surface area contributed by atoms with Crippen LogP contribution < -0.4 is 0 Å². The molecule has 88 valence electrons. The fourth-order valence-corrected chi connectivity index (χ4v) is 2.22. The van der Waals surface area contributed by atoms with E-state index in [2.05, 4.69) is 13.0 Å². The third-order valence-electron chi connectivity index (χ3n) is 3.50. The normalized spacial score (nSPS) is 27.2. The monoisotopic (exact) mass is 221 g/mol. The summed E-state index contributed by atoms with van der Waals surface area (Å²) in [4.78, 5) is 11.0. The van der Waals surface area contributed by atoms with Gasteiger partial charge in [0.2, 0.25) is 0 Å². The van der Waals surface area contributed by atoms with E-state index in [-0.39, 0.29) is 17.3 Å². The van der Waals surface area contributed by atoms with Crippen LogP contribution >= 0.6 is 0 Å². The number of nitriles is 1. The lowest BCUT2D eigenvalue weighted by molar-refractivity contribution is -0.139. The Morgan fingerprint density at radius 3 is 2.56 bits per heavy atom. The molecule has 0 aromatic heterocycles. The summed E-state index contributed by atoms with van der Waals surface area (Å²) in [7, 11) is 0. The highest BCUT2D eigenvalue weighted by atomic mass is 16.4. The Bertz CT molecular complexity index is 349. The molecule has 3 nitrogen and oxygen atoms in total. The van der Waals surface area contributed by atoms with Crippen LogP contribution in [0.1, 0.15) is 40.0 Å². The minimum absolute atomic E-state index is 0.0245. The standard InChI is InChI=1S/C13H19NO2/c1-4-5-6-9(8-14)7-10-11(12(15)16)13(10,2)3/h7,10-11H,4-6H2,1-3H3,(H,15,16). The van der Waals surface area contributed by atoms with Gasteiger partial charge in [0.1, 0.15) is 0 Å². The van der Waals surface area contributed by atoms with E-state index in [1.807, 2.05) is 19.9 Å². The fraction of sp³-hybridized carbons (Fsp3) is 0.692. The van der Waals surface area contributed by atoms with Crippen LogP contribution in [0, 0.1) is 28.6 Å². The zero-order chi connectivity index (χ0) is 12.3. The molecule has 1 aliphatic rings. The summed E-state index contributed by atoms with van der Waals surface area (Å²) in [6.07, 6.45) is 4.68. The maximum Gasteiger partial charge on any atom is 0.307 e. The summed E-state index contributed by atoms with van der Waals surface area (Å²) in [5.41, 5.74) is 0.545. The molecule has 0 spiro atoms. The van der Waals surface area contributed by atoms with Crippen molar-refractivity contribution in [3.05, 3.63) is 11.6 Å². The number of carbonyl (C=O) groups is 1. The smallest absolute Gasteiger partial charge is 0.307 e. The lowest BCUT2D eigenvalue weighted by Crippen LogP contribution is -2.03. The molecule has 0 aromatic carbocycles. The van der Waals surface area contributed by atoms with Gasteiger partial charge in [0.05, 0.1) is 12.0 Å². The van der Waals surface area contributed by atoms with Crippen molar-refractivity contribution in [2.24, 2.45) is 17.3 Å². The van der Waals surface area contributed by atoms with Crippen LogP contribution in [0.15, 0.2) is 11.6 Å². The lowest BCUT2D eigenvalue weighted by Gasteiger charge is -1.99. The number of unbranched alkanes of at least 4 members (excludes halogenated alkanes) is 1. The molecule has 2 unspecified atom stereocenters. The number of hydrogen-bond acceptors (Lipinski definition) is 2. The van der Waals surface area contributed by atoms with E-state index < -0.39 is 5.97 Å². The molecular formula is C13H19NO2. The Labute approximate surface area is 96.8 Å². The van der Waals surface area contributed by atoms with Crippen molar-refractivity contribution < 1.29 is 9.90 Å². The van der Waals surface area contributed by atoms with Crippen LogP contribution in [-0.2, 0) is 4.79 Å². The summed E-state index contributed by atoms with van der Waals surface area (Å²) in [5, 5.41) is 18.0. The first kappa shape index (κ1) is 12.8. The van der Waals surface area contributed by atoms with Gasteiger partial charge < -0.3 is 5.11 Å². The van der Waals surface area contributed by atoms with Gasteiger partial charge in [-0.2, -0.15) is 5.26 Å². The van der Waals surface area contributed by atoms with Gasteiger partial charge in [0, 0.05) is 5.57 Å². The first-order chi connectivity index (χ1) is 7.45. The average Bonchev–Trinajstić information content (AvgIpc) is 2.75. The second-order valence-corrected chi connectivity index (χ2v) is 5.07. The van der Waals surface area contributed by atoms with Gasteiger partial charge >= 0.3 is 5.97 Å². The number of nitrogens with zero attached hydrogens (tertiary/aromatic N) is 1. The molecular weight excluding hydrogens is 202 g/mol. The highest BCUT2D eigenvalue weighted by Gasteiger charge is 2.60. The molecule has 1 saturated carbocycles. The molecule has 2 atom stereocenters. The van der Waals surface area contributed by atoms with Crippen molar-refractivity contribution in [3.63, 3.8) is 0 Å². The SMILES string of the molecule is CCCCC(C#N)=CC1C(C(=O)O)C1(C)C. The molecule has 1 rings (SSSR count). The van der Waals surface area contributed by atoms with E-state index in [1.165, 1.54) is 0 Å². The number of carboxylic acid groups (broad SMARTS) is 1. The molecule has 0 radical (unpaired) electrons. The minimum Gasteiger partial charge on any atom is -0.481 e. The molecule has 1 aliphatic carbocycles. The summed E-state index contributed by atoms with van der Waals surface area (Å²) >= 11 is 0. The summed E-state index contributed by atoms with van der Waals surface area (Å²) < 4.78 is 0. The highest BCUT2D eigenvalue weighted by Crippen LogP contribution is 2.59. The van der Waals surface area contributed by atoms with Gasteiger partial charge in [-0.15, -0.1) is 0 Å². The van der Waals surface area contributed by atoms with Gasteiger partial charge in [-0.05, 0) is 24.2 Å². The van der Waals surface area contributed by atoms with E-state index in [0.717, 1.165) is 24.8 Å². The second kappa shape index (κ2) is 4.69. The zero-order valence-corrected chi connectivity index (χ0v) is 10.2. The Morgan fingerprint density at radius 1 is 1.56 bits per heavy atom. The first-order valence-electron chi connectivity index (χ1n) is 5.78. The van der Waals surface area contributed by atoms with Crippen LogP contribution in [0.2, 0.25) is 0 Å². The average molecular weight is 221 g/mol. The molecule has 0 bridgehead atoms. The van der Waals surface area contributed by atoms with Gasteiger partial charge in [-0.3, -0.25) is 4.79 Å². The summed E-state index contributed by atoms with van der Waals surface area (Å²) in [6, 6.07) is 2.17. The third-order valence-corrected chi connectivity index (χ3v) is 3.50. The van der Waals surface area contributed by atoms with E-state index in [0.29, 0.717) is 0 Å². The van der Waals surface area contributed by atoms with Crippen molar-refractivity contribution in [2.45, 2.75) is 40.0 Å². The van der Waals surface area contributed by atoms with E-state index >= 15 is 0 Å². The van der Waals surface area contributed by atoms with Crippen molar-refractivity contribution in [3.8, 4) is 6.07 Å². The molecule has 0 aromatic rings. The molecule has 0 heterocycles. The number of allylic oxidation sites excluding steroid dienone is 2. The van der Waals surface area contributed by atoms with E-state index in [4.69, 9.17) is 10.4 Å². The predicted molar refractivity (Wildman–Crippen MR) is 61.6 cm³/mol. The second-order valence-electron chi connectivity index (χ2n) is 5.07. The largest absolute Gasteiger partial charge is 0.481 e. The maximum absolute atomic E-state index is 11.0. The Morgan fingerprint density at radius 2 is 2.19 bits per heavy atom. The quantitative estimate of drug-likeness (QED) is 0.726. The molecule has 16 heavy (non-hydrogen) atoms. The Balaban J connectivity index is 2.70. The number of rotatable bonds is 5. The van der Waals surface area contributed by atoms with E-state index in [1.54, 1.807) is 0 Å². The molecule has 0 saturated heterocycles. The Kier molecular flexibility index (Phi) is 3.74. The topological polar surface area (TPSA) is 61.1 Å². The molecule has 1 fully saturated rings. The molecule has 0 aliphatic heterocycles. The number of aliphatic carboxylic acids is 1. The zero-order valence-electron chi connectivity index (χ0n) is 10.2. The number of carboxylic acids is 1. The molecule has 0 amide bonds. The van der Waals surface area contributed by atoms with Crippen molar-refractivity contribution in [2.75, 3.05) is 0 Å². The fourth-order valence-electron chi connectivity index (χ4n) is 2.22. The maximum atomic E-state index is 11.0. The molecule has 1 N–H and O–H groups in total. The van der Waals surface area contributed by atoms with Crippen molar-refractivity contribution >= 4 is 5.97 Å². The Hall–Kier alpha value is -1.30. The third kappa shape index (κ3) is 2.44. The van der Waals surface area contributed by atoms with Crippen LogP contribution in [0.3, 0.4) is 0 Å². The van der Waals surface area contributed by atoms with Crippen LogP contribution in [0.4, 0.5) is 0 Å². The van der Waals surface area contributed by atoms with E-state index in [9.17, 15) is 4.79 Å². The van der Waals surface area contributed by atoms with Crippen LogP contribution in [0.25, 0.3) is 0 Å². The first-order valence-corrected chi connectivity index (χ1v) is 5.78. The van der Waals surface area contributed by atoms with Gasteiger partial charge in [0.25, 0.3) is 0 Å². The van der Waals surface area contributed by atoms with Gasteiger partial charge in [-0.25, -0.2) is 0 Å². The lowest BCUT2D eigenvalue weighted by atomic mass is 10.0. The van der Waals surface area contributed by atoms with Crippen LogP contribution in [0.5, 0.6) is 0 Å². The van der Waals surface area contributed by atoms with Crippen LogP contribution in [-0.4, -0.2) is 11.1 Å². The highest BCUT2D eigenvalue weighted by molar-refractivity contribution is 5.76. The summed E-state index contributed by atoms with van der Waals surface area (Å²) in [6.45, 7) is 5.97. The molecule has 3 heteroatoms. The predicted octanol–water partition coefficient (Wildman–Crippen LogP) is 2.98. The summed E-state index contributed by atoms with van der Waals surface area (Å²) in [5.74, 6) is -1.05. The van der Waals surface area contributed by atoms with Gasteiger partial charge in [0.15, 0.2) is 0 Å². The minimum atomic E-state index is -0.751. The number of hydrogen-bond donors (Lipinski definition) is 1. The van der Waals surface area contributed by atoms with Crippen molar-refractivity contribution in [1.29, 1.82) is 5.26 Å².